The lowest BCUT2D eigenvalue weighted by atomic mass is 10.2. The topological polar surface area (TPSA) is 55.6 Å². The van der Waals surface area contributed by atoms with Crippen molar-refractivity contribution < 1.29 is 9.53 Å². The zero-order chi connectivity index (χ0) is 9.84. The fraction of sp³-hybridized carbons (Fsp3) is 0.889. The number of carbonyl (C=O) groups excluding carboxylic acids is 1. The van der Waals surface area contributed by atoms with E-state index in [1.165, 1.54) is 0 Å². The maximum atomic E-state index is 11.5. The van der Waals surface area contributed by atoms with Gasteiger partial charge in [-0.25, -0.2) is 0 Å². The molecule has 5 heteroatoms. The molecule has 2 atom stereocenters. The van der Waals surface area contributed by atoms with Crippen LogP contribution in [0, 0.1) is 0 Å². The molecule has 1 fully saturated rings. The van der Waals surface area contributed by atoms with Crippen molar-refractivity contribution in [2.45, 2.75) is 32.5 Å². The van der Waals surface area contributed by atoms with Gasteiger partial charge < -0.3 is 15.4 Å². The maximum Gasteiger partial charge on any atom is 0.224 e. The number of halogens is 1. The molecule has 84 valence electrons. The van der Waals surface area contributed by atoms with Gasteiger partial charge in [0.25, 0.3) is 0 Å². The number of nitrogens with two attached hydrogens (primary N) is 1. The molecule has 0 aromatic heterocycles. The summed E-state index contributed by atoms with van der Waals surface area (Å²) in [6.45, 7) is 5.79. The molecule has 1 heterocycles. The van der Waals surface area contributed by atoms with Crippen LogP contribution < -0.4 is 5.73 Å². The highest BCUT2D eigenvalue weighted by atomic mass is 35.5. The van der Waals surface area contributed by atoms with Crippen LogP contribution in [0.25, 0.3) is 0 Å². The number of amides is 1. The summed E-state index contributed by atoms with van der Waals surface area (Å²) in [5, 5.41) is 0. The summed E-state index contributed by atoms with van der Waals surface area (Å²) in [5.41, 5.74) is 5.33. The second-order valence-corrected chi connectivity index (χ2v) is 3.59. The predicted octanol–water partition coefficient (Wildman–Crippen LogP) is 0.393. The van der Waals surface area contributed by atoms with Crippen molar-refractivity contribution in [3.05, 3.63) is 0 Å². The van der Waals surface area contributed by atoms with Crippen LogP contribution in [0.2, 0.25) is 0 Å². The van der Waals surface area contributed by atoms with E-state index >= 15 is 0 Å². The summed E-state index contributed by atoms with van der Waals surface area (Å²) < 4.78 is 5.52. The smallest absolute Gasteiger partial charge is 0.224 e. The Labute approximate surface area is 91.2 Å². The summed E-state index contributed by atoms with van der Waals surface area (Å²) in [4.78, 5) is 13.3. The monoisotopic (exact) mass is 222 g/mol. The molecule has 0 unspecified atom stereocenters. The molecule has 1 aliphatic heterocycles. The number of rotatable bonds is 2. The minimum absolute atomic E-state index is 0. The second kappa shape index (κ2) is 6.22. The molecule has 1 rings (SSSR count). The molecular weight excluding hydrogens is 204 g/mol. The summed E-state index contributed by atoms with van der Waals surface area (Å²) in [5.74, 6) is 0.143. The number of hydrogen-bond acceptors (Lipinski definition) is 3. The number of ether oxygens (including phenoxy) is 1. The fourth-order valence-corrected chi connectivity index (χ4v) is 1.66. The largest absolute Gasteiger partial charge is 0.372 e. The van der Waals surface area contributed by atoms with Crippen molar-refractivity contribution in [1.82, 2.24) is 4.90 Å². The van der Waals surface area contributed by atoms with Gasteiger partial charge in [0.05, 0.1) is 12.2 Å². The molecular formula is C9H19ClN2O2. The van der Waals surface area contributed by atoms with E-state index in [1.807, 2.05) is 18.7 Å². The van der Waals surface area contributed by atoms with E-state index in [0.29, 0.717) is 26.1 Å². The highest BCUT2D eigenvalue weighted by molar-refractivity contribution is 5.85. The Kier molecular flexibility index (Phi) is 6.08. The number of carbonyl (C=O) groups is 1. The van der Waals surface area contributed by atoms with Gasteiger partial charge in [-0.15, -0.1) is 12.4 Å². The van der Waals surface area contributed by atoms with Gasteiger partial charge in [-0.05, 0) is 13.8 Å². The Morgan fingerprint density at radius 1 is 1.43 bits per heavy atom. The van der Waals surface area contributed by atoms with Crippen molar-refractivity contribution in [2.24, 2.45) is 5.73 Å². The van der Waals surface area contributed by atoms with E-state index < -0.39 is 0 Å². The van der Waals surface area contributed by atoms with Crippen LogP contribution in [0.15, 0.2) is 0 Å². The lowest BCUT2D eigenvalue weighted by Gasteiger charge is -2.35. The van der Waals surface area contributed by atoms with E-state index in [1.54, 1.807) is 0 Å². The van der Waals surface area contributed by atoms with E-state index in [-0.39, 0.29) is 30.5 Å². The number of hydrogen-bond donors (Lipinski definition) is 1. The first-order valence-corrected chi connectivity index (χ1v) is 4.76. The van der Waals surface area contributed by atoms with Crippen LogP contribution in [-0.2, 0) is 9.53 Å². The Hall–Kier alpha value is -0.320. The quantitative estimate of drug-likeness (QED) is 0.736. The minimum atomic E-state index is 0. The van der Waals surface area contributed by atoms with Gasteiger partial charge in [0.1, 0.15) is 0 Å². The third-order valence-corrected chi connectivity index (χ3v) is 2.13. The lowest BCUT2D eigenvalue weighted by Crippen LogP contribution is -2.48. The Morgan fingerprint density at radius 2 is 1.93 bits per heavy atom. The molecule has 0 bridgehead atoms. The lowest BCUT2D eigenvalue weighted by molar-refractivity contribution is -0.142. The van der Waals surface area contributed by atoms with E-state index in [4.69, 9.17) is 10.5 Å². The Bertz CT molecular complexity index is 180. The average molecular weight is 223 g/mol. The molecule has 1 amide bonds. The molecule has 14 heavy (non-hydrogen) atoms. The van der Waals surface area contributed by atoms with Gasteiger partial charge in [0.15, 0.2) is 0 Å². The van der Waals surface area contributed by atoms with Gasteiger partial charge in [-0.2, -0.15) is 0 Å². The van der Waals surface area contributed by atoms with Crippen LogP contribution in [0.5, 0.6) is 0 Å². The first kappa shape index (κ1) is 13.7. The fourth-order valence-electron chi connectivity index (χ4n) is 1.66. The van der Waals surface area contributed by atoms with Gasteiger partial charge in [0.2, 0.25) is 5.91 Å². The van der Waals surface area contributed by atoms with Crippen LogP contribution in [-0.4, -0.2) is 42.6 Å². The summed E-state index contributed by atoms with van der Waals surface area (Å²) in [6, 6.07) is 0. The molecule has 0 aromatic carbocycles. The van der Waals surface area contributed by atoms with Crippen molar-refractivity contribution in [2.75, 3.05) is 19.6 Å². The molecule has 0 saturated carbocycles. The van der Waals surface area contributed by atoms with Crippen LogP contribution >= 0.6 is 12.4 Å². The van der Waals surface area contributed by atoms with E-state index in [2.05, 4.69) is 0 Å². The predicted molar refractivity (Wildman–Crippen MR) is 57.5 cm³/mol. The third kappa shape index (κ3) is 3.82. The summed E-state index contributed by atoms with van der Waals surface area (Å²) in [6.07, 6.45) is 0.732. The zero-order valence-electron chi connectivity index (χ0n) is 8.73. The SMILES string of the molecule is C[C@@H]1CN(C(=O)CCN)C[C@H](C)O1.Cl. The van der Waals surface area contributed by atoms with Gasteiger partial charge in [-0.1, -0.05) is 0 Å². The highest BCUT2D eigenvalue weighted by Gasteiger charge is 2.24. The summed E-state index contributed by atoms with van der Waals surface area (Å²) >= 11 is 0. The molecule has 0 spiro atoms. The number of nitrogens with zero attached hydrogens (tertiary/aromatic N) is 1. The standard InChI is InChI=1S/C9H18N2O2.ClH/c1-7-5-11(6-8(2)13-7)9(12)3-4-10;/h7-8H,3-6,10H2,1-2H3;1H/t7-,8+;. The van der Waals surface area contributed by atoms with Crippen molar-refractivity contribution >= 4 is 18.3 Å². The van der Waals surface area contributed by atoms with Crippen LogP contribution in [0.4, 0.5) is 0 Å². The van der Waals surface area contributed by atoms with Crippen molar-refractivity contribution in [3.63, 3.8) is 0 Å². The molecule has 1 saturated heterocycles. The average Bonchev–Trinajstić information content (AvgIpc) is 2.03. The van der Waals surface area contributed by atoms with Crippen LogP contribution in [0.1, 0.15) is 20.3 Å². The van der Waals surface area contributed by atoms with Crippen molar-refractivity contribution in [1.29, 1.82) is 0 Å². The molecule has 0 aromatic rings. The molecule has 0 radical (unpaired) electrons. The third-order valence-electron chi connectivity index (χ3n) is 2.13. The second-order valence-electron chi connectivity index (χ2n) is 3.59. The first-order chi connectivity index (χ1) is 6.13. The van der Waals surface area contributed by atoms with Crippen LogP contribution in [0.3, 0.4) is 0 Å². The normalized spacial score (nSPS) is 26.9. The Morgan fingerprint density at radius 3 is 2.36 bits per heavy atom. The summed E-state index contributed by atoms with van der Waals surface area (Å²) in [7, 11) is 0. The number of morpholine rings is 1. The van der Waals surface area contributed by atoms with E-state index in [9.17, 15) is 4.79 Å². The molecule has 1 aliphatic rings. The first-order valence-electron chi connectivity index (χ1n) is 4.76. The Balaban J connectivity index is 0.00000169. The van der Waals surface area contributed by atoms with Gasteiger partial charge in [0, 0.05) is 26.1 Å². The van der Waals surface area contributed by atoms with Gasteiger partial charge in [-0.3, -0.25) is 4.79 Å². The van der Waals surface area contributed by atoms with E-state index in [0.717, 1.165) is 0 Å². The zero-order valence-corrected chi connectivity index (χ0v) is 9.55. The maximum absolute atomic E-state index is 11.5. The highest BCUT2D eigenvalue weighted by Crippen LogP contribution is 2.11. The van der Waals surface area contributed by atoms with Gasteiger partial charge >= 0.3 is 0 Å². The molecule has 0 aliphatic carbocycles. The van der Waals surface area contributed by atoms with Crippen molar-refractivity contribution in [3.8, 4) is 0 Å². The minimum Gasteiger partial charge on any atom is -0.372 e. The molecule has 2 N–H and O–H groups in total. The molecule has 4 nitrogen and oxygen atoms in total.